The highest BCUT2D eigenvalue weighted by atomic mass is 19.1. The Kier molecular flexibility index (Phi) is 6.81. The van der Waals surface area contributed by atoms with Crippen molar-refractivity contribution in [3.63, 3.8) is 0 Å². The maximum atomic E-state index is 13.9. The van der Waals surface area contributed by atoms with E-state index in [2.05, 4.69) is 15.4 Å². The molecule has 1 fully saturated rings. The molecule has 1 aliphatic rings. The van der Waals surface area contributed by atoms with Crippen molar-refractivity contribution in [2.24, 2.45) is 13.0 Å². The van der Waals surface area contributed by atoms with Gasteiger partial charge in [0, 0.05) is 51.8 Å². The third-order valence-electron chi connectivity index (χ3n) is 5.79. The summed E-state index contributed by atoms with van der Waals surface area (Å²) in [6.07, 6.45) is 6.73. The number of carbonyl (C=O) groups is 2. The molecule has 1 N–H and O–H groups in total. The number of aryl methyl sites for hydroxylation is 2. The zero-order chi connectivity index (χ0) is 23.4. The number of likely N-dealkylation sites (tertiary alicyclic amines) is 1. The summed E-state index contributed by atoms with van der Waals surface area (Å²) < 4.78 is 34.1. The van der Waals surface area contributed by atoms with E-state index in [-0.39, 0.29) is 29.6 Å². The van der Waals surface area contributed by atoms with Gasteiger partial charge in [0.1, 0.15) is 11.6 Å². The van der Waals surface area contributed by atoms with Gasteiger partial charge >= 0.3 is 0 Å². The maximum absolute atomic E-state index is 13.9. The number of nitrogens with zero attached hydrogens (tertiary/aromatic N) is 4. The van der Waals surface area contributed by atoms with Gasteiger partial charge in [0.25, 0.3) is 5.91 Å². The molecule has 3 heterocycles. The fourth-order valence-electron chi connectivity index (χ4n) is 3.88. The van der Waals surface area contributed by atoms with Crippen LogP contribution in [0, 0.1) is 17.6 Å². The van der Waals surface area contributed by atoms with Gasteiger partial charge in [-0.25, -0.2) is 13.8 Å². The van der Waals surface area contributed by atoms with E-state index < -0.39 is 11.6 Å². The number of rotatable bonds is 7. The van der Waals surface area contributed by atoms with E-state index in [1.54, 1.807) is 17.9 Å². The number of nitrogens with one attached hydrogen (secondary N) is 1. The lowest BCUT2D eigenvalue weighted by molar-refractivity contribution is -0.132. The van der Waals surface area contributed by atoms with Crippen LogP contribution in [0.25, 0.3) is 11.3 Å². The lowest BCUT2D eigenvalue weighted by Crippen LogP contribution is -2.41. The molecule has 2 aromatic heterocycles. The first-order chi connectivity index (χ1) is 15.9. The highest BCUT2D eigenvalue weighted by molar-refractivity contribution is 5.93. The number of amides is 2. The SMILES string of the molecule is Cn1cc(C(=O)NCC2CCN(C(=O)CCc3ncc(-c4ccc(F)cc4F)o3)CC2)cn1. The largest absolute Gasteiger partial charge is 0.441 e. The number of aromatic nitrogens is 3. The third-order valence-corrected chi connectivity index (χ3v) is 5.79. The summed E-state index contributed by atoms with van der Waals surface area (Å²) in [5.41, 5.74) is 0.654. The van der Waals surface area contributed by atoms with Gasteiger partial charge in [-0.2, -0.15) is 5.10 Å². The summed E-state index contributed by atoms with van der Waals surface area (Å²) in [5.74, 6) is -0.698. The van der Waals surface area contributed by atoms with Crippen LogP contribution >= 0.6 is 0 Å². The van der Waals surface area contributed by atoms with Crippen molar-refractivity contribution in [2.75, 3.05) is 19.6 Å². The number of oxazole rings is 1. The molecule has 0 radical (unpaired) electrons. The van der Waals surface area contributed by atoms with Gasteiger partial charge in [-0.15, -0.1) is 0 Å². The van der Waals surface area contributed by atoms with E-state index in [1.165, 1.54) is 18.5 Å². The summed E-state index contributed by atoms with van der Waals surface area (Å²) in [6, 6.07) is 3.23. The average Bonchev–Trinajstić information content (AvgIpc) is 3.45. The Morgan fingerprint density at radius 1 is 1.21 bits per heavy atom. The van der Waals surface area contributed by atoms with E-state index in [1.807, 2.05) is 4.90 Å². The number of piperidine rings is 1. The molecule has 0 atom stereocenters. The molecular formula is C23H25F2N5O3. The second-order valence-electron chi connectivity index (χ2n) is 8.18. The zero-order valence-corrected chi connectivity index (χ0v) is 18.3. The lowest BCUT2D eigenvalue weighted by Gasteiger charge is -2.32. The van der Waals surface area contributed by atoms with Crippen LogP contribution in [0.15, 0.2) is 41.2 Å². The highest BCUT2D eigenvalue weighted by Gasteiger charge is 2.24. The predicted octanol–water partition coefficient (Wildman–Crippen LogP) is 2.95. The molecule has 2 amide bonds. The van der Waals surface area contributed by atoms with Crippen LogP contribution in [0.1, 0.15) is 35.5 Å². The van der Waals surface area contributed by atoms with Crippen molar-refractivity contribution in [1.29, 1.82) is 0 Å². The molecule has 0 bridgehead atoms. The molecule has 0 aliphatic carbocycles. The van der Waals surface area contributed by atoms with Crippen molar-refractivity contribution in [3.8, 4) is 11.3 Å². The molecule has 1 saturated heterocycles. The molecule has 3 aromatic rings. The molecule has 33 heavy (non-hydrogen) atoms. The standard InChI is InChI=1S/C23H25F2N5O3/c1-29-14-16(12-28-29)23(32)27-11-15-6-8-30(9-7-15)22(31)5-4-21-26-13-20(33-21)18-3-2-17(24)10-19(18)25/h2-3,10,12-15H,4-9,11H2,1H3,(H,27,32). The van der Waals surface area contributed by atoms with Gasteiger partial charge in [0.05, 0.1) is 23.5 Å². The monoisotopic (exact) mass is 457 g/mol. The van der Waals surface area contributed by atoms with Gasteiger partial charge in [-0.3, -0.25) is 14.3 Å². The van der Waals surface area contributed by atoms with Gasteiger partial charge in [-0.1, -0.05) is 0 Å². The van der Waals surface area contributed by atoms with Crippen molar-refractivity contribution in [3.05, 3.63) is 59.9 Å². The van der Waals surface area contributed by atoms with Gasteiger partial charge in [0.2, 0.25) is 5.91 Å². The van der Waals surface area contributed by atoms with E-state index in [0.717, 1.165) is 25.0 Å². The van der Waals surface area contributed by atoms with Crippen molar-refractivity contribution < 1.29 is 22.8 Å². The van der Waals surface area contributed by atoms with Crippen LogP contribution in [0.4, 0.5) is 8.78 Å². The number of benzene rings is 1. The Morgan fingerprint density at radius 2 is 2.00 bits per heavy atom. The number of hydrogen-bond acceptors (Lipinski definition) is 5. The summed E-state index contributed by atoms with van der Waals surface area (Å²) in [7, 11) is 1.76. The molecule has 4 rings (SSSR count). The lowest BCUT2D eigenvalue weighted by atomic mass is 9.96. The van der Waals surface area contributed by atoms with E-state index in [0.29, 0.717) is 43.4 Å². The number of hydrogen-bond donors (Lipinski definition) is 1. The van der Waals surface area contributed by atoms with Gasteiger partial charge in [-0.05, 0) is 30.9 Å². The van der Waals surface area contributed by atoms with Gasteiger partial charge in [0.15, 0.2) is 11.7 Å². The molecule has 0 unspecified atom stereocenters. The topological polar surface area (TPSA) is 93.3 Å². The normalized spacial score (nSPS) is 14.5. The Morgan fingerprint density at radius 3 is 2.70 bits per heavy atom. The Labute approximate surface area is 189 Å². The van der Waals surface area contributed by atoms with Crippen LogP contribution in [-0.2, 0) is 18.3 Å². The first-order valence-corrected chi connectivity index (χ1v) is 10.8. The Balaban J connectivity index is 1.20. The van der Waals surface area contributed by atoms with Crippen LogP contribution < -0.4 is 5.32 Å². The minimum Gasteiger partial charge on any atom is -0.441 e. The van der Waals surface area contributed by atoms with Crippen LogP contribution in [0.3, 0.4) is 0 Å². The molecule has 1 aliphatic heterocycles. The summed E-state index contributed by atoms with van der Waals surface area (Å²) in [5, 5.41) is 6.93. The Hall–Kier alpha value is -3.56. The second-order valence-corrected chi connectivity index (χ2v) is 8.18. The molecule has 1 aromatic carbocycles. The predicted molar refractivity (Wildman–Crippen MR) is 115 cm³/mol. The molecule has 0 spiro atoms. The fraction of sp³-hybridized carbons (Fsp3) is 0.391. The average molecular weight is 457 g/mol. The third kappa shape index (κ3) is 5.63. The smallest absolute Gasteiger partial charge is 0.254 e. The Bertz CT molecular complexity index is 1130. The van der Waals surface area contributed by atoms with Crippen molar-refractivity contribution in [1.82, 2.24) is 25.0 Å². The van der Waals surface area contributed by atoms with Crippen molar-refractivity contribution in [2.45, 2.75) is 25.7 Å². The minimum absolute atomic E-state index is 0.000517. The molecule has 174 valence electrons. The van der Waals surface area contributed by atoms with E-state index in [9.17, 15) is 18.4 Å². The van der Waals surface area contributed by atoms with Crippen LogP contribution in [0.2, 0.25) is 0 Å². The van der Waals surface area contributed by atoms with E-state index in [4.69, 9.17) is 4.42 Å². The second kappa shape index (κ2) is 9.93. The zero-order valence-electron chi connectivity index (χ0n) is 18.3. The highest BCUT2D eigenvalue weighted by Crippen LogP contribution is 2.25. The van der Waals surface area contributed by atoms with Crippen LogP contribution in [-0.4, -0.2) is 51.1 Å². The molecule has 10 heteroatoms. The summed E-state index contributed by atoms with van der Waals surface area (Å²) in [4.78, 5) is 30.6. The molecule has 8 nitrogen and oxygen atoms in total. The van der Waals surface area contributed by atoms with Crippen molar-refractivity contribution >= 4 is 11.8 Å². The first kappa shape index (κ1) is 22.6. The first-order valence-electron chi connectivity index (χ1n) is 10.8. The fourth-order valence-corrected chi connectivity index (χ4v) is 3.88. The maximum Gasteiger partial charge on any atom is 0.254 e. The number of halogens is 2. The molecule has 0 saturated carbocycles. The van der Waals surface area contributed by atoms with Crippen LogP contribution in [0.5, 0.6) is 0 Å². The molecular weight excluding hydrogens is 432 g/mol. The number of carbonyl (C=O) groups excluding carboxylic acids is 2. The van der Waals surface area contributed by atoms with E-state index >= 15 is 0 Å². The minimum atomic E-state index is -0.728. The van der Waals surface area contributed by atoms with Gasteiger partial charge < -0.3 is 14.6 Å². The summed E-state index contributed by atoms with van der Waals surface area (Å²) >= 11 is 0. The summed E-state index contributed by atoms with van der Waals surface area (Å²) in [6.45, 7) is 1.82. The quantitative estimate of drug-likeness (QED) is 0.589.